The van der Waals surface area contributed by atoms with Gasteiger partial charge in [0.05, 0.1) is 12.1 Å². The number of nitrogens with zero attached hydrogens (tertiary/aromatic N) is 3. The van der Waals surface area contributed by atoms with Crippen LogP contribution < -0.4 is 4.90 Å². The third-order valence-electron chi connectivity index (χ3n) is 5.33. The summed E-state index contributed by atoms with van der Waals surface area (Å²) in [5.74, 6) is -0.367. The summed E-state index contributed by atoms with van der Waals surface area (Å²) in [5, 5.41) is 7.01. The van der Waals surface area contributed by atoms with Gasteiger partial charge in [0.1, 0.15) is 12.4 Å². The lowest BCUT2D eigenvalue weighted by molar-refractivity contribution is -0.140. The number of carbonyl (C=O) groups is 1. The Morgan fingerprint density at radius 1 is 1.19 bits per heavy atom. The van der Waals surface area contributed by atoms with E-state index in [1.807, 2.05) is 6.07 Å². The number of rotatable bonds is 3. The molecule has 1 aromatic carbocycles. The van der Waals surface area contributed by atoms with E-state index in [0.29, 0.717) is 6.54 Å². The van der Waals surface area contributed by atoms with Crippen LogP contribution in [0.4, 0.5) is 10.1 Å². The van der Waals surface area contributed by atoms with Gasteiger partial charge in [-0.3, -0.25) is 14.8 Å². The Morgan fingerprint density at radius 2 is 2.04 bits per heavy atom. The van der Waals surface area contributed by atoms with E-state index >= 15 is 0 Å². The van der Waals surface area contributed by atoms with Gasteiger partial charge in [0.2, 0.25) is 0 Å². The van der Waals surface area contributed by atoms with Crippen LogP contribution >= 0.6 is 0 Å². The van der Waals surface area contributed by atoms with Gasteiger partial charge in [0, 0.05) is 30.7 Å². The molecule has 3 heterocycles. The van der Waals surface area contributed by atoms with E-state index in [1.54, 1.807) is 23.2 Å². The lowest BCUT2D eigenvalue weighted by Crippen LogP contribution is -2.55. The third kappa shape index (κ3) is 3.64. The molecule has 2 aliphatic rings. The Balaban J connectivity index is 1.45. The number of hydrogen-bond donors (Lipinski definition) is 1. The molecule has 1 spiro atoms. The van der Waals surface area contributed by atoms with Crippen LogP contribution in [0.2, 0.25) is 0 Å². The van der Waals surface area contributed by atoms with E-state index in [4.69, 9.17) is 4.74 Å². The zero-order valence-electron chi connectivity index (χ0n) is 14.7. The normalized spacial score (nSPS) is 24.8. The van der Waals surface area contributed by atoms with Crippen LogP contribution in [0.1, 0.15) is 25.0 Å². The number of anilines is 1. The Labute approximate surface area is 151 Å². The quantitative estimate of drug-likeness (QED) is 0.915. The standard InChI is InChI=1S/C19H23FN4O2/c20-15-2-4-17(5-3-15)24-14-19(26-13-18(24)25)7-1-10-23(11-8-19)12-16-6-9-21-22-16/h2-6,9H,1,7-8,10-14H2,(H,21,22). The molecule has 0 saturated carbocycles. The lowest BCUT2D eigenvalue weighted by Gasteiger charge is -2.42. The largest absolute Gasteiger partial charge is 0.363 e. The van der Waals surface area contributed by atoms with Gasteiger partial charge < -0.3 is 9.64 Å². The van der Waals surface area contributed by atoms with Crippen molar-refractivity contribution in [1.82, 2.24) is 15.1 Å². The number of nitrogens with one attached hydrogen (secondary N) is 1. The molecule has 1 aromatic heterocycles. The number of hydrogen-bond acceptors (Lipinski definition) is 4. The number of aromatic nitrogens is 2. The van der Waals surface area contributed by atoms with Gasteiger partial charge in [0.15, 0.2) is 0 Å². The van der Waals surface area contributed by atoms with Crippen molar-refractivity contribution in [1.29, 1.82) is 0 Å². The van der Waals surface area contributed by atoms with Gasteiger partial charge in [-0.05, 0) is 56.1 Å². The zero-order chi connectivity index (χ0) is 18.0. The second-order valence-corrected chi connectivity index (χ2v) is 7.14. The fraction of sp³-hybridized carbons (Fsp3) is 0.474. The molecule has 1 N–H and O–H groups in total. The van der Waals surface area contributed by atoms with E-state index in [-0.39, 0.29) is 23.9 Å². The van der Waals surface area contributed by atoms with Crippen molar-refractivity contribution in [2.45, 2.75) is 31.4 Å². The highest BCUT2D eigenvalue weighted by Gasteiger charge is 2.41. The number of amides is 1. The van der Waals surface area contributed by atoms with E-state index < -0.39 is 0 Å². The smallest absolute Gasteiger partial charge is 0.253 e. The molecule has 0 radical (unpaired) electrons. The Morgan fingerprint density at radius 3 is 2.81 bits per heavy atom. The average Bonchev–Trinajstić information content (AvgIpc) is 3.08. The van der Waals surface area contributed by atoms with Gasteiger partial charge >= 0.3 is 0 Å². The summed E-state index contributed by atoms with van der Waals surface area (Å²) in [6.45, 7) is 3.35. The molecular formula is C19H23FN4O2. The topological polar surface area (TPSA) is 61.5 Å². The first kappa shape index (κ1) is 17.2. The highest BCUT2D eigenvalue weighted by atomic mass is 19.1. The van der Waals surface area contributed by atoms with Crippen LogP contribution in [-0.4, -0.2) is 52.8 Å². The first-order valence-electron chi connectivity index (χ1n) is 9.04. The summed E-state index contributed by atoms with van der Waals surface area (Å²) in [7, 11) is 0. The first-order valence-corrected chi connectivity index (χ1v) is 9.04. The van der Waals surface area contributed by atoms with Crippen molar-refractivity contribution in [3.8, 4) is 0 Å². The fourth-order valence-corrected chi connectivity index (χ4v) is 3.87. The molecule has 138 valence electrons. The highest BCUT2D eigenvalue weighted by Crippen LogP contribution is 2.33. The number of halogens is 1. The molecule has 7 heteroatoms. The number of morpholine rings is 1. The Bertz CT molecular complexity index is 749. The Hall–Kier alpha value is -2.25. The van der Waals surface area contributed by atoms with Crippen molar-refractivity contribution in [2.75, 3.05) is 31.1 Å². The number of likely N-dealkylation sites (tertiary alicyclic amines) is 1. The fourth-order valence-electron chi connectivity index (χ4n) is 3.87. The number of benzene rings is 1. The number of H-pyrrole nitrogens is 1. The minimum absolute atomic E-state index is 0.0687. The number of ether oxygens (including phenoxy) is 1. The van der Waals surface area contributed by atoms with Crippen LogP contribution in [0.25, 0.3) is 0 Å². The van der Waals surface area contributed by atoms with Crippen molar-refractivity contribution >= 4 is 11.6 Å². The van der Waals surface area contributed by atoms with Crippen molar-refractivity contribution in [3.63, 3.8) is 0 Å². The predicted molar refractivity (Wildman–Crippen MR) is 95.2 cm³/mol. The van der Waals surface area contributed by atoms with Gasteiger partial charge in [-0.15, -0.1) is 0 Å². The second kappa shape index (κ2) is 7.17. The number of carbonyl (C=O) groups excluding carboxylic acids is 1. The molecular weight excluding hydrogens is 335 g/mol. The van der Waals surface area contributed by atoms with E-state index in [0.717, 1.165) is 50.3 Å². The second-order valence-electron chi connectivity index (χ2n) is 7.14. The third-order valence-corrected chi connectivity index (χ3v) is 5.33. The van der Waals surface area contributed by atoms with Gasteiger partial charge in [-0.1, -0.05) is 0 Å². The molecule has 6 nitrogen and oxygen atoms in total. The van der Waals surface area contributed by atoms with Crippen molar-refractivity contribution < 1.29 is 13.9 Å². The minimum atomic E-state index is -0.328. The summed E-state index contributed by atoms with van der Waals surface area (Å²) in [4.78, 5) is 16.5. The van der Waals surface area contributed by atoms with Gasteiger partial charge in [-0.25, -0.2) is 4.39 Å². The molecule has 0 aliphatic carbocycles. The maximum atomic E-state index is 13.2. The maximum Gasteiger partial charge on any atom is 0.253 e. The molecule has 2 fully saturated rings. The molecule has 1 atom stereocenters. The summed E-state index contributed by atoms with van der Waals surface area (Å²) >= 11 is 0. The molecule has 0 bridgehead atoms. The SMILES string of the molecule is O=C1COC2(CCCN(Cc3ccn[nH]3)CC2)CN1c1ccc(F)cc1. The predicted octanol–water partition coefficient (Wildman–Crippen LogP) is 2.34. The molecule has 4 rings (SSSR count). The summed E-state index contributed by atoms with van der Waals surface area (Å²) in [5.41, 5.74) is 1.51. The van der Waals surface area contributed by atoms with Crippen LogP contribution in [0.3, 0.4) is 0 Å². The van der Waals surface area contributed by atoms with E-state index in [1.165, 1.54) is 12.1 Å². The van der Waals surface area contributed by atoms with Crippen molar-refractivity contribution in [2.24, 2.45) is 0 Å². The average molecular weight is 358 g/mol. The summed E-state index contributed by atoms with van der Waals surface area (Å²) in [6, 6.07) is 8.10. The maximum absolute atomic E-state index is 13.2. The molecule has 2 aliphatic heterocycles. The lowest BCUT2D eigenvalue weighted by atomic mass is 9.92. The van der Waals surface area contributed by atoms with Crippen LogP contribution in [0.5, 0.6) is 0 Å². The zero-order valence-corrected chi connectivity index (χ0v) is 14.7. The summed E-state index contributed by atoms with van der Waals surface area (Å²) in [6.07, 6.45) is 4.56. The monoisotopic (exact) mass is 358 g/mol. The van der Waals surface area contributed by atoms with E-state index in [2.05, 4.69) is 15.1 Å². The summed E-state index contributed by atoms with van der Waals surface area (Å²) < 4.78 is 19.3. The van der Waals surface area contributed by atoms with Crippen LogP contribution in [-0.2, 0) is 16.1 Å². The number of aromatic amines is 1. The van der Waals surface area contributed by atoms with Crippen molar-refractivity contribution in [3.05, 3.63) is 48.0 Å². The molecule has 2 saturated heterocycles. The van der Waals surface area contributed by atoms with Crippen LogP contribution in [0.15, 0.2) is 36.5 Å². The van der Waals surface area contributed by atoms with Crippen LogP contribution in [0, 0.1) is 5.82 Å². The molecule has 1 amide bonds. The first-order chi connectivity index (χ1) is 12.6. The molecule has 1 unspecified atom stereocenters. The van der Waals surface area contributed by atoms with Gasteiger partial charge in [-0.2, -0.15) is 5.10 Å². The van der Waals surface area contributed by atoms with E-state index in [9.17, 15) is 9.18 Å². The highest BCUT2D eigenvalue weighted by molar-refractivity contribution is 5.95. The molecule has 2 aromatic rings. The van der Waals surface area contributed by atoms with Gasteiger partial charge in [0.25, 0.3) is 5.91 Å². The minimum Gasteiger partial charge on any atom is -0.363 e. The molecule has 26 heavy (non-hydrogen) atoms. The Kier molecular flexibility index (Phi) is 4.74.